The monoisotopic (exact) mass is 413 g/mol. The molecule has 0 aliphatic carbocycles. The molecule has 1 aliphatic rings. The van der Waals surface area contributed by atoms with E-state index in [9.17, 15) is 13.2 Å². The van der Waals surface area contributed by atoms with E-state index < -0.39 is 10.0 Å². The molecule has 7 heteroatoms. The first-order valence-corrected chi connectivity index (χ1v) is 11.3. The summed E-state index contributed by atoms with van der Waals surface area (Å²) in [6, 6.07) is 11.0. The highest BCUT2D eigenvalue weighted by Gasteiger charge is 2.29. The molecule has 0 radical (unpaired) electrons. The SMILES string of the molecule is Cc1cc(C)c(NC(=O)CCCCCN=C2NS(=O)(=O)c3ccccc32)c(C)c1. The van der Waals surface area contributed by atoms with Gasteiger partial charge in [0.05, 0.1) is 4.90 Å². The molecule has 154 valence electrons. The highest BCUT2D eigenvalue weighted by molar-refractivity contribution is 7.90. The fraction of sp³-hybridized carbons (Fsp3) is 0.364. The van der Waals surface area contributed by atoms with Gasteiger partial charge in [-0.15, -0.1) is 0 Å². The first-order valence-electron chi connectivity index (χ1n) is 9.82. The molecular formula is C22H27N3O3S. The van der Waals surface area contributed by atoms with E-state index in [1.807, 2.05) is 20.8 Å². The fourth-order valence-corrected chi connectivity index (χ4v) is 4.85. The number of unbranched alkanes of at least 4 members (excludes halogenated alkanes) is 2. The van der Waals surface area contributed by atoms with Gasteiger partial charge in [0.25, 0.3) is 10.0 Å². The topological polar surface area (TPSA) is 87.6 Å². The Balaban J connectivity index is 1.44. The molecule has 0 atom stereocenters. The number of anilines is 1. The minimum atomic E-state index is -3.49. The molecule has 2 aromatic rings. The summed E-state index contributed by atoms with van der Waals surface area (Å²) in [5, 5.41) is 3.02. The second-order valence-electron chi connectivity index (χ2n) is 7.46. The summed E-state index contributed by atoms with van der Waals surface area (Å²) in [6.45, 7) is 6.57. The van der Waals surface area contributed by atoms with Crippen LogP contribution in [0.15, 0.2) is 46.3 Å². The highest BCUT2D eigenvalue weighted by Crippen LogP contribution is 2.23. The average Bonchev–Trinajstić information content (AvgIpc) is 2.92. The van der Waals surface area contributed by atoms with E-state index in [1.54, 1.807) is 24.3 Å². The van der Waals surface area contributed by atoms with Crippen LogP contribution in [0.25, 0.3) is 0 Å². The van der Waals surface area contributed by atoms with Crippen molar-refractivity contribution in [1.82, 2.24) is 4.72 Å². The van der Waals surface area contributed by atoms with Crippen molar-refractivity contribution in [3.05, 3.63) is 58.7 Å². The van der Waals surface area contributed by atoms with Crippen LogP contribution in [-0.4, -0.2) is 26.7 Å². The number of hydrogen-bond donors (Lipinski definition) is 2. The van der Waals surface area contributed by atoms with Crippen molar-refractivity contribution >= 4 is 27.5 Å². The molecule has 6 nitrogen and oxygen atoms in total. The summed E-state index contributed by atoms with van der Waals surface area (Å²) in [7, 11) is -3.49. The molecule has 1 aliphatic heterocycles. The third-order valence-electron chi connectivity index (χ3n) is 4.94. The van der Waals surface area contributed by atoms with Crippen molar-refractivity contribution in [1.29, 1.82) is 0 Å². The molecule has 1 heterocycles. The first-order chi connectivity index (χ1) is 13.8. The van der Waals surface area contributed by atoms with Crippen molar-refractivity contribution in [2.24, 2.45) is 4.99 Å². The maximum atomic E-state index is 12.2. The molecule has 0 unspecified atom stereocenters. The number of nitrogens with zero attached hydrogens (tertiary/aromatic N) is 1. The minimum absolute atomic E-state index is 0.0175. The highest BCUT2D eigenvalue weighted by atomic mass is 32.2. The standard InChI is InChI=1S/C22H27N3O3S/c1-15-13-16(2)21(17(3)14-15)24-20(26)11-5-4-8-12-23-22-18-9-6-7-10-19(18)29(27,28)25-22/h6-7,9-10,13-14H,4-5,8,11-12H2,1-3H3,(H,23,25)(H,24,26). The zero-order valence-corrected chi connectivity index (χ0v) is 17.9. The molecule has 29 heavy (non-hydrogen) atoms. The van der Waals surface area contributed by atoms with E-state index in [1.165, 1.54) is 5.56 Å². The van der Waals surface area contributed by atoms with Gasteiger partial charge in [0, 0.05) is 24.2 Å². The molecule has 1 amide bonds. The number of aryl methyl sites for hydroxylation is 3. The van der Waals surface area contributed by atoms with Crippen LogP contribution in [0.4, 0.5) is 5.69 Å². The Kier molecular flexibility index (Phi) is 6.37. The van der Waals surface area contributed by atoms with Crippen LogP contribution >= 0.6 is 0 Å². The molecule has 2 aromatic carbocycles. The van der Waals surface area contributed by atoms with E-state index in [-0.39, 0.29) is 10.8 Å². The molecule has 2 N–H and O–H groups in total. The number of sulfonamides is 1. The minimum Gasteiger partial charge on any atom is -0.326 e. The molecule has 0 bridgehead atoms. The van der Waals surface area contributed by atoms with Crippen LogP contribution in [0.1, 0.15) is 47.9 Å². The predicted molar refractivity (Wildman–Crippen MR) is 116 cm³/mol. The van der Waals surface area contributed by atoms with E-state index in [0.717, 1.165) is 36.1 Å². The Morgan fingerprint density at radius 1 is 1.03 bits per heavy atom. The molecule has 3 rings (SSSR count). The molecular weight excluding hydrogens is 386 g/mol. The third-order valence-corrected chi connectivity index (χ3v) is 6.33. The largest absolute Gasteiger partial charge is 0.326 e. The Morgan fingerprint density at radius 2 is 1.72 bits per heavy atom. The number of nitrogens with one attached hydrogen (secondary N) is 2. The molecule has 0 spiro atoms. The van der Waals surface area contributed by atoms with Gasteiger partial charge in [0.15, 0.2) is 0 Å². The van der Waals surface area contributed by atoms with Gasteiger partial charge in [-0.05, 0) is 56.9 Å². The summed E-state index contributed by atoms with van der Waals surface area (Å²) < 4.78 is 26.6. The zero-order chi connectivity index (χ0) is 21.0. The fourth-order valence-electron chi connectivity index (χ4n) is 3.60. The lowest BCUT2D eigenvalue weighted by Gasteiger charge is -2.12. The maximum absolute atomic E-state index is 12.2. The quantitative estimate of drug-likeness (QED) is 0.676. The number of rotatable bonds is 7. The lowest BCUT2D eigenvalue weighted by molar-refractivity contribution is -0.116. The van der Waals surface area contributed by atoms with Gasteiger partial charge in [-0.3, -0.25) is 14.5 Å². The number of carbonyl (C=O) groups is 1. The van der Waals surface area contributed by atoms with Gasteiger partial charge >= 0.3 is 0 Å². The van der Waals surface area contributed by atoms with Crippen LogP contribution in [0.3, 0.4) is 0 Å². The second-order valence-corrected chi connectivity index (χ2v) is 9.12. The van der Waals surface area contributed by atoms with E-state index in [2.05, 4.69) is 27.2 Å². The van der Waals surface area contributed by atoms with Gasteiger partial charge in [-0.2, -0.15) is 0 Å². The van der Waals surface area contributed by atoms with Crippen LogP contribution < -0.4 is 10.0 Å². The molecule has 0 aromatic heterocycles. The number of hydrogen-bond acceptors (Lipinski definition) is 4. The van der Waals surface area contributed by atoms with Crippen LogP contribution in [-0.2, 0) is 14.8 Å². The summed E-state index contributed by atoms with van der Waals surface area (Å²) in [5.74, 6) is 0.424. The molecule has 0 fully saturated rings. The lowest BCUT2D eigenvalue weighted by Crippen LogP contribution is -2.22. The van der Waals surface area contributed by atoms with Gasteiger partial charge in [0.2, 0.25) is 5.91 Å². The van der Waals surface area contributed by atoms with E-state index in [0.29, 0.717) is 24.4 Å². The number of carbonyl (C=O) groups excluding carboxylic acids is 1. The van der Waals surface area contributed by atoms with Crippen molar-refractivity contribution in [2.75, 3.05) is 11.9 Å². The van der Waals surface area contributed by atoms with Crippen LogP contribution in [0.5, 0.6) is 0 Å². The number of amidine groups is 1. The summed E-state index contributed by atoms with van der Waals surface area (Å²) in [6.07, 6.45) is 2.87. The molecule has 0 saturated heterocycles. The number of fused-ring (bicyclic) bond motifs is 1. The van der Waals surface area contributed by atoms with Gasteiger partial charge in [0.1, 0.15) is 5.84 Å². The van der Waals surface area contributed by atoms with E-state index >= 15 is 0 Å². The first kappa shape index (κ1) is 21.0. The number of amides is 1. The van der Waals surface area contributed by atoms with Crippen LogP contribution in [0, 0.1) is 20.8 Å². The molecule has 0 saturated carbocycles. The van der Waals surface area contributed by atoms with Gasteiger partial charge in [-0.1, -0.05) is 36.2 Å². The van der Waals surface area contributed by atoms with Crippen molar-refractivity contribution in [2.45, 2.75) is 51.3 Å². The van der Waals surface area contributed by atoms with Crippen molar-refractivity contribution in [3.8, 4) is 0 Å². The number of aliphatic imine (C=N–C) groups is 1. The maximum Gasteiger partial charge on any atom is 0.263 e. The van der Waals surface area contributed by atoms with Crippen molar-refractivity contribution in [3.63, 3.8) is 0 Å². The predicted octanol–water partition coefficient (Wildman–Crippen LogP) is 3.85. The lowest BCUT2D eigenvalue weighted by atomic mass is 10.0. The van der Waals surface area contributed by atoms with Crippen LogP contribution in [0.2, 0.25) is 0 Å². The van der Waals surface area contributed by atoms with Gasteiger partial charge < -0.3 is 5.32 Å². The Hall–Kier alpha value is -2.67. The normalized spacial score (nSPS) is 15.8. The Bertz CT molecular complexity index is 1040. The van der Waals surface area contributed by atoms with Crippen molar-refractivity contribution < 1.29 is 13.2 Å². The number of benzene rings is 2. The second kappa shape index (κ2) is 8.78. The Labute approximate surface area is 172 Å². The Morgan fingerprint density at radius 3 is 2.45 bits per heavy atom. The summed E-state index contributed by atoms with van der Waals surface area (Å²) >= 11 is 0. The summed E-state index contributed by atoms with van der Waals surface area (Å²) in [5.41, 5.74) is 4.86. The third kappa shape index (κ3) is 5.03. The van der Waals surface area contributed by atoms with E-state index in [4.69, 9.17) is 0 Å². The zero-order valence-electron chi connectivity index (χ0n) is 17.1. The van der Waals surface area contributed by atoms with Gasteiger partial charge in [-0.25, -0.2) is 8.42 Å². The average molecular weight is 414 g/mol. The summed E-state index contributed by atoms with van der Waals surface area (Å²) in [4.78, 5) is 16.9. The smallest absolute Gasteiger partial charge is 0.263 e.